The number of imidazole rings is 1. The third kappa shape index (κ3) is 3.74. The van der Waals surface area contributed by atoms with Gasteiger partial charge in [0.2, 0.25) is 0 Å². The first kappa shape index (κ1) is 19.6. The summed E-state index contributed by atoms with van der Waals surface area (Å²) >= 11 is 0. The lowest BCUT2D eigenvalue weighted by molar-refractivity contribution is -0.140. The second-order valence-corrected chi connectivity index (χ2v) is 7.27. The normalized spacial score (nSPS) is 18.2. The van der Waals surface area contributed by atoms with Gasteiger partial charge in [-0.05, 0) is 25.5 Å². The number of aryl methyl sites for hydroxylation is 2. The van der Waals surface area contributed by atoms with Crippen molar-refractivity contribution in [3.05, 3.63) is 89.8 Å². The van der Waals surface area contributed by atoms with Gasteiger partial charge in [0.25, 0.3) is 11.7 Å². The SMILES string of the molecule is Cc1ccc(C(O)=C2C(=O)C(=O)N(CCCn3ccnc3)C2c2ccccn2)cc1. The molecule has 4 rings (SSSR count). The molecule has 1 aliphatic heterocycles. The Labute approximate surface area is 174 Å². The van der Waals surface area contributed by atoms with Gasteiger partial charge < -0.3 is 14.6 Å². The van der Waals surface area contributed by atoms with E-state index in [0.29, 0.717) is 30.8 Å². The van der Waals surface area contributed by atoms with Crippen LogP contribution in [0.4, 0.5) is 0 Å². The summed E-state index contributed by atoms with van der Waals surface area (Å²) in [4.78, 5) is 35.7. The van der Waals surface area contributed by atoms with Crippen molar-refractivity contribution < 1.29 is 14.7 Å². The van der Waals surface area contributed by atoms with Crippen LogP contribution in [0.25, 0.3) is 5.76 Å². The first-order valence-corrected chi connectivity index (χ1v) is 9.78. The first-order chi connectivity index (χ1) is 14.6. The Morgan fingerprint density at radius 2 is 1.87 bits per heavy atom. The molecule has 0 saturated carbocycles. The number of amides is 1. The summed E-state index contributed by atoms with van der Waals surface area (Å²) in [5.41, 5.74) is 2.16. The molecule has 2 aromatic heterocycles. The fourth-order valence-electron chi connectivity index (χ4n) is 3.67. The minimum atomic E-state index is -0.727. The number of aliphatic hydroxyl groups is 1. The van der Waals surface area contributed by atoms with Gasteiger partial charge in [-0.25, -0.2) is 4.98 Å². The van der Waals surface area contributed by atoms with E-state index in [2.05, 4.69) is 9.97 Å². The van der Waals surface area contributed by atoms with Crippen molar-refractivity contribution in [3.8, 4) is 0 Å². The Kier molecular flexibility index (Phi) is 5.43. The Morgan fingerprint density at radius 1 is 1.07 bits per heavy atom. The lowest BCUT2D eigenvalue weighted by atomic mass is 9.98. The predicted molar refractivity (Wildman–Crippen MR) is 111 cm³/mol. The molecule has 1 fully saturated rings. The summed E-state index contributed by atoms with van der Waals surface area (Å²) in [5, 5.41) is 11.0. The Morgan fingerprint density at radius 3 is 2.53 bits per heavy atom. The van der Waals surface area contributed by atoms with E-state index in [4.69, 9.17) is 0 Å². The molecular formula is C23H22N4O3. The number of Topliss-reactive ketones (excluding diaryl/α,β-unsaturated/α-hetero) is 1. The van der Waals surface area contributed by atoms with Crippen molar-refractivity contribution >= 4 is 17.4 Å². The molecule has 0 radical (unpaired) electrons. The molecule has 1 aromatic carbocycles. The van der Waals surface area contributed by atoms with E-state index in [-0.39, 0.29) is 11.3 Å². The molecule has 152 valence electrons. The topological polar surface area (TPSA) is 88.3 Å². The molecule has 7 heteroatoms. The second-order valence-electron chi connectivity index (χ2n) is 7.27. The second kappa shape index (κ2) is 8.32. The van der Waals surface area contributed by atoms with Gasteiger partial charge in [0, 0.05) is 37.2 Å². The molecule has 0 bridgehead atoms. The van der Waals surface area contributed by atoms with Crippen molar-refractivity contribution in [1.82, 2.24) is 19.4 Å². The van der Waals surface area contributed by atoms with Gasteiger partial charge >= 0.3 is 0 Å². The minimum Gasteiger partial charge on any atom is -0.507 e. The standard InChI is InChI=1S/C23H22N4O3/c1-16-6-8-17(9-7-16)21(28)19-20(18-5-2-3-10-25-18)27(23(30)22(19)29)13-4-12-26-14-11-24-15-26/h2-3,5-11,14-15,20,28H,4,12-13H2,1H3. The highest BCUT2D eigenvalue weighted by molar-refractivity contribution is 6.46. The number of aromatic nitrogens is 3. The number of rotatable bonds is 6. The average Bonchev–Trinajstić information content (AvgIpc) is 3.37. The van der Waals surface area contributed by atoms with Crippen LogP contribution in [0.3, 0.4) is 0 Å². The quantitative estimate of drug-likeness (QED) is 0.389. The molecule has 30 heavy (non-hydrogen) atoms. The monoisotopic (exact) mass is 402 g/mol. The molecule has 3 heterocycles. The largest absolute Gasteiger partial charge is 0.507 e. The number of likely N-dealkylation sites (tertiary alicyclic amines) is 1. The van der Waals surface area contributed by atoms with Crippen LogP contribution in [-0.2, 0) is 16.1 Å². The van der Waals surface area contributed by atoms with Crippen LogP contribution < -0.4 is 0 Å². The van der Waals surface area contributed by atoms with E-state index in [1.54, 1.807) is 49.1 Å². The van der Waals surface area contributed by atoms with Crippen molar-refractivity contribution in [1.29, 1.82) is 0 Å². The summed E-state index contributed by atoms with van der Waals surface area (Å²) in [6.07, 6.45) is 7.51. The van der Waals surface area contributed by atoms with Crippen molar-refractivity contribution in [2.45, 2.75) is 25.9 Å². The van der Waals surface area contributed by atoms with E-state index in [1.165, 1.54) is 4.90 Å². The number of pyridine rings is 1. The third-order valence-corrected chi connectivity index (χ3v) is 5.21. The fourth-order valence-corrected chi connectivity index (χ4v) is 3.67. The zero-order valence-corrected chi connectivity index (χ0v) is 16.6. The number of hydrogen-bond acceptors (Lipinski definition) is 5. The number of ketones is 1. The number of carbonyl (C=O) groups excluding carboxylic acids is 2. The number of aliphatic hydroxyl groups excluding tert-OH is 1. The lowest BCUT2D eigenvalue weighted by Gasteiger charge is -2.24. The molecule has 1 amide bonds. The Balaban J connectivity index is 1.71. The Hall–Kier alpha value is -3.74. The van der Waals surface area contributed by atoms with Gasteiger partial charge in [0.05, 0.1) is 17.6 Å². The fraction of sp³-hybridized carbons (Fsp3) is 0.217. The van der Waals surface area contributed by atoms with Crippen molar-refractivity contribution in [3.63, 3.8) is 0 Å². The van der Waals surface area contributed by atoms with Crippen LogP contribution in [0.1, 0.15) is 29.3 Å². The third-order valence-electron chi connectivity index (χ3n) is 5.21. The van der Waals surface area contributed by atoms with Crippen LogP contribution >= 0.6 is 0 Å². The molecule has 7 nitrogen and oxygen atoms in total. The van der Waals surface area contributed by atoms with E-state index in [0.717, 1.165) is 5.56 Å². The highest BCUT2D eigenvalue weighted by Gasteiger charge is 2.46. The zero-order chi connectivity index (χ0) is 21.1. The van der Waals surface area contributed by atoms with Crippen LogP contribution in [0, 0.1) is 6.92 Å². The lowest BCUT2D eigenvalue weighted by Crippen LogP contribution is -2.31. The van der Waals surface area contributed by atoms with Crippen molar-refractivity contribution in [2.75, 3.05) is 6.54 Å². The van der Waals surface area contributed by atoms with Gasteiger partial charge in [-0.3, -0.25) is 14.6 Å². The van der Waals surface area contributed by atoms with Crippen LogP contribution in [0.15, 0.2) is 73.0 Å². The van der Waals surface area contributed by atoms with Crippen LogP contribution in [0.2, 0.25) is 0 Å². The highest BCUT2D eigenvalue weighted by atomic mass is 16.3. The maximum absolute atomic E-state index is 12.9. The van der Waals surface area contributed by atoms with Gasteiger partial charge in [0.1, 0.15) is 11.8 Å². The van der Waals surface area contributed by atoms with Crippen LogP contribution in [0.5, 0.6) is 0 Å². The molecule has 1 saturated heterocycles. The molecule has 0 aliphatic carbocycles. The molecule has 1 aliphatic rings. The van der Waals surface area contributed by atoms with E-state index >= 15 is 0 Å². The zero-order valence-electron chi connectivity index (χ0n) is 16.6. The highest BCUT2D eigenvalue weighted by Crippen LogP contribution is 2.38. The molecule has 1 atom stereocenters. The maximum Gasteiger partial charge on any atom is 0.295 e. The molecule has 1 unspecified atom stereocenters. The van der Waals surface area contributed by atoms with Gasteiger partial charge in [0.15, 0.2) is 0 Å². The molecule has 1 N–H and O–H groups in total. The summed E-state index contributed by atoms with van der Waals surface area (Å²) in [5.74, 6) is -1.49. The number of nitrogens with zero attached hydrogens (tertiary/aromatic N) is 4. The molecular weight excluding hydrogens is 380 g/mol. The first-order valence-electron chi connectivity index (χ1n) is 9.78. The summed E-state index contributed by atoms with van der Waals surface area (Å²) in [7, 11) is 0. The van der Waals surface area contributed by atoms with Gasteiger partial charge in [-0.15, -0.1) is 0 Å². The summed E-state index contributed by atoms with van der Waals surface area (Å²) < 4.78 is 1.92. The molecule has 0 spiro atoms. The number of benzene rings is 1. The minimum absolute atomic E-state index is 0.0742. The maximum atomic E-state index is 12.9. The van der Waals surface area contributed by atoms with Crippen LogP contribution in [-0.4, -0.2) is 42.8 Å². The Bertz CT molecular complexity index is 1070. The molecule has 3 aromatic rings. The average molecular weight is 402 g/mol. The van der Waals surface area contributed by atoms with E-state index in [1.807, 2.05) is 29.8 Å². The summed E-state index contributed by atoms with van der Waals surface area (Å²) in [6.45, 7) is 2.96. The number of carbonyl (C=O) groups is 2. The number of hydrogen-bond donors (Lipinski definition) is 1. The van der Waals surface area contributed by atoms with Gasteiger partial charge in [-0.2, -0.15) is 0 Å². The van der Waals surface area contributed by atoms with E-state index in [9.17, 15) is 14.7 Å². The van der Waals surface area contributed by atoms with Gasteiger partial charge in [-0.1, -0.05) is 35.9 Å². The smallest absolute Gasteiger partial charge is 0.295 e. The van der Waals surface area contributed by atoms with Crippen molar-refractivity contribution in [2.24, 2.45) is 0 Å². The predicted octanol–water partition coefficient (Wildman–Crippen LogP) is 3.10. The van der Waals surface area contributed by atoms with E-state index < -0.39 is 17.7 Å². The summed E-state index contributed by atoms with van der Waals surface area (Å²) in [6, 6.07) is 11.8.